The zero-order valence-electron chi connectivity index (χ0n) is 15.2. The monoisotopic (exact) mass is 470 g/mol. The van der Waals surface area contributed by atoms with Gasteiger partial charge in [0.05, 0.1) is 0 Å². The van der Waals surface area contributed by atoms with Gasteiger partial charge in [0.1, 0.15) is 0 Å². The van der Waals surface area contributed by atoms with Gasteiger partial charge in [0, 0.05) is 10.6 Å². The molecule has 0 aromatic heterocycles. The molecule has 0 saturated heterocycles. The standard InChI is InChI=1S/C24H23IS/c1-18-8-12-20(13-9-18)24(21-14-10-19(2)11-15-21)23(25)16-17-26-22-6-4-3-5-7-22/h3-15H,16-17H2,1-2H3. The third kappa shape index (κ3) is 5.24. The molecule has 0 spiro atoms. The van der Waals surface area contributed by atoms with Gasteiger partial charge in [-0.3, -0.25) is 0 Å². The van der Waals surface area contributed by atoms with Gasteiger partial charge in [0.25, 0.3) is 0 Å². The van der Waals surface area contributed by atoms with E-state index in [0.717, 1.165) is 12.2 Å². The van der Waals surface area contributed by atoms with Crippen LogP contribution >= 0.6 is 34.4 Å². The van der Waals surface area contributed by atoms with Crippen molar-refractivity contribution in [2.45, 2.75) is 25.2 Å². The molecule has 0 atom stereocenters. The number of hydrogen-bond acceptors (Lipinski definition) is 1. The fourth-order valence-electron chi connectivity index (χ4n) is 2.82. The van der Waals surface area contributed by atoms with Crippen molar-refractivity contribution in [1.82, 2.24) is 0 Å². The smallest absolute Gasteiger partial charge is 0.00720 e. The van der Waals surface area contributed by atoms with Crippen LogP contribution in [0.1, 0.15) is 28.7 Å². The van der Waals surface area contributed by atoms with Crippen molar-refractivity contribution in [3.63, 3.8) is 0 Å². The van der Waals surface area contributed by atoms with E-state index in [1.54, 1.807) is 0 Å². The highest BCUT2D eigenvalue weighted by Crippen LogP contribution is 2.34. The van der Waals surface area contributed by atoms with Crippen LogP contribution in [0.15, 0.2) is 87.3 Å². The molecular formula is C24H23IS. The molecular weight excluding hydrogens is 447 g/mol. The number of hydrogen-bond donors (Lipinski definition) is 0. The van der Waals surface area contributed by atoms with Gasteiger partial charge >= 0.3 is 0 Å². The van der Waals surface area contributed by atoms with Crippen LogP contribution < -0.4 is 0 Å². The summed E-state index contributed by atoms with van der Waals surface area (Å²) in [6.07, 6.45) is 1.07. The quantitative estimate of drug-likeness (QED) is 0.263. The van der Waals surface area contributed by atoms with Crippen LogP contribution in [0.4, 0.5) is 0 Å². The van der Waals surface area contributed by atoms with Crippen molar-refractivity contribution in [2.24, 2.45) is 0 Å². The molecule has 0 nitrogen and oxygen atoms in total. The lowest BCUT2D eigenvalue weighted by Gasteiger charge is -2.13. The molecule has 2 heteroatoms. The summed E-state index contributed by atoms with van der Waals surface area (Å²) in [4.78, 5) is 1.34. The van der Waals surface area contributed by atoms with E-state index in [1.807, 2.05) is 11.8 Å². The number of halogens is 1. The number of thioether (sulfide) groups is 1. The summed E-state index contributed by atoms with van der Waals surface area (Å²) in [5.41, 5.74) is 6.56. The summed E-state index contributed by atoms with van der Waals surface area (Å²) in [6, 6.07) is 28.4. The molecule has 0 N–H and O–H groups in total. The normalized spacial score (nSPS) is 10.6. The van der Waals surface area contributed by atoms with Gasteiger partial charge < -0.3 is 0 Å². The molecule has 0 aliphatic heterocycles. The third-order valence-corrected chi connectivity index (χ3v) is 6.38. The van der Waals surface area contributed by atoms with Crippen LogP contribution in [0.25, 0.3) is 5.57 Å². The van der Waals surface area contributed by atoms with Crippen LogP contribution in [0.2, 0.25) is 0 Å². The Bertz CT molecular complexity index is 815. The Kier molecular flexibility index (Phi) is 6.98. The Hall–Kier alpha value is -1.52. The Morgan fingerprint density at radius 2 is 1.23 bits per heavy atom. The molecule has 0 radical (unpaired) electrons. The van der Waals surface area contributed by atoms with Crippen LogP contribution in [0.5, 0.6) is 0 Å². The van der Waals surface area contributed by atoms with Crippen molar-refractivity contribution >= 4 is 39.9 Å². The number of aryl methyl sites for hydroxylation is 2. The molecule has 0 aliphatic rings. The van der Waals surface area contributed by atoms with Gasteiger partial charge in [0.15, 0.2) is 0 Å². The minimum Gasteiger partial charge on any atom is -0.126 e. The van der Waals surface area contributed by atoms with Crippen molar-refractivity contribution in [3.8, 4) is 0 Å². The molecule has 3 aromatic carbocycles. The Labute approximate surface area is 174 Å². The maximum Gasteiger partial charge on any atom is 0.00720 e. The average Bonchev–Trinajstić information content (AvgIpc) is 2.66. The minimum atomic E-state index is 1.07. The zero-order valence-corrected chi connectivity index (χ0v) is 18.2. The van der Waals surface area contributed by atoms with Crippen LogP contribution in [0.3, 0.4) is 0 Å². The first-order chi connectivity index (χ1) is 12.6. The highest BCUT2D eigenvalue weighted by molar-refractivity contribution is 14.1. The number of benzene rings is 3. The maximum atomic E-state index is 2.54. The molecule has 0 saturated carbocycles. The summed E-state index contributed by atoms with van der Waals surface area (Å²) in [5.74, 6) is 1.09. The SMILES string of the molecule is Cc1ccc(C(=C(I)CCSc2ccccc2)c2ccc(C)cc2)cc1. The van der Waals surface area contributed by atoms with E-state index >= 15 is 0 Å². The molecule has 132 valence electrons. The molecule has 0 amide bonds. The van der Waals surface area contributed by atoms with Gasteiger partial charge in [-0.25, -0.2) is 0 Å². The molecule has 0 heterocycles. The van der Waals surface area contributed by atoms with E-state index in [9.17, 15) is 0 Å². The zero-order chi connectivity index (χ0) is 18.4. The summed E-state index contributed by atoms with van der Waals surface area (Å²) < 4.78 is 1.42. The van der Waals surface area contributed by atoms with Crippen molar-refractivity contribution in [2.75, 3.05) is 5.75 Å². The van der Waals surface area contributed by atoms with Crippen molar-refractivity contribution in [1.29, 1.82) is 0 Å². The van der Waals surface area contributed by atoms with Gasteiger partial charge in [-0.2, -0.15) is 0 Å². The number of rotatable bonds is 6. The van der Waals surface area contributed by atoms with E-state index < -0.39 is 0 Å². The summed E-state index contributed by atoms with van der Waals surface area (Å²) in [7, 11) is 0. The topological polar surface area (TPSA) is 0 Å². The van der Waals surface area contributed by atoms with E-state index in [-0.39, 0.29) is 0 Å². The largest absolute Gasteiger partial charge is 0.126 e. The second-order valence-corrected chi connectivity index (χ2v) is 8.89. The fraction of sp³-hybridized carbons (Fsp3) is 0.167. The Morgan fingerprint density at radius 3 is 1.73 bits per heavy atom. The minimum absolute atomic E-state index is 1.07. The lowest BCUT2D eigenvalue weighted by molar-refractivity contribution is 1.23. The third-order valence-electron chi connectivity index (χ3n) is 4.29. The Morgan fingerprint density at radius 1 is 0.731 bits per heavy atom. The first-order valence-corrected chi connectivity index (χ1v) is 10.9. The number of allylic oxidation sites excluding steroid dienone is 1. The fourth-order valence-corrected chi connectivity index (χ4v) is 4.97. The molecule has 0 bridgehead atoms. The van der Waals surface area contributed by atoms with Gasteiger partial charge in [-0.15, -0.1) is 11.8 Å². The average molecular weight is 470 g/mol. The van der Waals surface area contributed by atoms with Crippen LogP contribution in [-0.2, 0) is 0 Å². The first-order valence-electron chi connectivity index (χ1n) is 8.84. The maximum absolute atomic E-state index is 2.54. The van der Waals surface area contributed by atoms with Crippen LogP contribution in [-0.4, -0.2) is 5.75 Å². The van der Waals surface area contributed by atoms with E-state index in [2.05, 4.69) is 115 Å². The highest BCUT2D eigenvalue weighted by Gasteiger charge is 2.10. The van der Waals surface area contributed by atoms with Crippen molar-refractivity contribution < 1.29 is 0 Å². The molecule has 0 unspecified atom stereocenters. The predicted octanol–water partition coefficient (Wildman–Crippen LogP) is 7.68. The molecule has 0 fully saturated rings. The van der Waals surface area contributed by atoms with E-state index in [1.165, 1.54) is 36.3 Å². The molecule has 3 rings (SSSR count). The van der Waals surface area contributed by atoms with Gasteiger partial charge in [-0.1, -0.05) is 77.9 Å². The summed E-state index contributed by atoms with van der Waals surface area (Å²) in [6.45, 7) is 4.28. The first kappa shape index (κ1) is 19.2. The van der Waals surface area contributed by atoms with E-state index in [0.29, 0.717) is 0 Å². The second kappa shape index (κ2) is 9.43. The second-order valence-electron chi connectivity index (χ2n) is 6.42. The Balaban J connectivity index is 1.86. The highest BCUT2D eigenvalue weighted by atomic mass is 127. The van der Waals surface area contributed by atoms with Crippen molar-refractivity contribution in [3.05, 3.63) is 105 Å². The molecule has 0 aliphatic carbocycles. The summed E-state index contributed by atoms with van der Waals surface area (Å²) in [5, 5.41) is 0. The van der Waals surface area contributed by atoms with E-state index in [4.69, 9.17) is 0 Å². The predicted molar refractivity (Wildman–Crippen MR) is 124 cm³/mol. The lowest BCUT2D eigenvalue weighted by atomic mass is 9.95. The molecule has 26 heavy (non-hydrogen) atoms. The van der Waals surface area contributed by atoms with Crippen LogP contribution in [0, 0.1) is 13.8 Å². The van der Waals surface area contributed by atoms with Gasteiger partial charge in [-0.05, 0) is 75.3 Å². The summed E-state index contributed by atoms with van der Waals surface area (Å²) >= 11 is 4.46. The molecule has 3 aromatic rings. The van der Waals surface area contributed by atoms with Gasteiger partial charge in [0.2, 0.25) is 0 Å². The lowest BCUT2D eigenvalue weighted by Crippen LogP contribution is -1.93.